The zero-order chi connectivity index (χ0) is 22.4. The molecule has 0 spiro atoms. The van der Waals surface area contributed by atoms with Gasteiger partial charge in [-0.1, -0.05) is 12.1 Å². The third-order valence-corrected chi connectivity index (χ3v) is 4.82. The van der Waals surface area contributed by atoms with Crippen molar-refractivity contribution in [3.63, 3.8) is 0 Å². The molecule has 0 aliphatic heterocycles. The molecule has 3 rings (SSSR count). The number of anilines is 1. The minimum atomic E-state index is -0.166. The Bertz CT molecular complexity index is 1070. The first kappa shape index (κ1) is 22.1. The lowest BCUT2D eigenvalue weighted by Gasteiger charge is -2.15. The molecule has 0 bridgehead atoms. The highest BCUT2D eigenvalue weighted by atomic mass is 16.5. The van der Waals surface area contributed by atoms with E-state index in [1.807, 2.05) is 49.7 Å². The molecule has 164 valence electrons. The van der Waals surface area contributed by atoms with Gasteiger partial charge in [0, 0.05) is 25.9 Å². The van der Waals surface area contributed by atoms with Crippen LogP contribution in [0, 0.1) is 13.8 Å². The maximum absolute atomic E-state index is 12.4. The van der Waals surface area contributed by atoms with E-state index in [0.29, 0.717) is 37.9 Å². The van der Waals surface area contributed by atoms with Gasteiger partial charge in [-0.25, -0.2) is 4.98 Å². The summed E-state index contributed by atoms with van der Waals surface area (Å²) in [5, 5.41) is 9.89. The molecule has 2 heterocycles. The smallest absolute Gasteiger partial charge is 0.269 e. The van der Waals surface area contributed by atoms with Gasteiger partial charge < -0.3 is 14.6 Å². The molecule has 9 heteroatoms. The zero-order valence-electron chi connectivity index (χ0n) is 18.3. The Morgan fingerprint density at radius 2 is 2.03 bits per heavy atom. The van der Waals surface area contributed by atoms with Gasteiger partial charge in [-0.2, -0.15) is 5.10 Å². The van der Waals surface area contributed by atoms with E-state index in [1.54, 1.807) is 16.9 Å². The van der Waals surface area contributed by atoms with Crippen LogP contribution in [0.25, 0.3) is 0 Å². The third-order valence-electron chi connectivity index (χ3n) is 4.82. The number of benzene rings is 1. The number of imidazole rings is 1. The van der Waals surface area contributed by atoms with E-state index in [-0.39, 0.29) is 11.8 Å². The monoisotopic (exact) mass is 424 g/mol. The number of carbonyl (C=O) groups excluding carboxylic acids is 2. The average molecular weight is 425 g/mol. The minimum absolute atomic E-state index is 0.165. The summed E-state index contributed by atoms with van der Waals surface area (Å²) in [5.74, 6) is 0.924. The molecular weight excluding hydrogens is 396 g/mol. The van der Waals surface area contributed by atoms with E-state index < -0.39 is 0 Å². The highest BCUT2D eigenvalue weighted by Crippen LogP contribution is 2.23. The number of hydrogen-bond donors (Lipinski definition) is 2. The largest absolute Gasteiger partial charge is 0.491 e. The van der Waals surface area contributed by atoms with Gasteiger partial charge in [0.25, 0.3) is 5.91 Å². The fourth-order valence-electron chi connectivity index (χ4n) is 3.27. The third kappa shape index (κ3) is 5.50. The van der Waals surface area contributed by atoms with Gasteiger partial charge in [0.1, 0.15) is 18.1 Å². The van der Waals surface area contributed by atoms with Crippen molar-refractivity contribution in [2.24, 2.45) is 0 Å². The second kappa shape index (κ2) is 9.92. The Morgan fingerprint density at radius 3 is 2.77 bits per heavy atom. The molecule has 0 atom stereocenters. The van der Waals surface area contributed by atoms with Crippen LogP contribution in [0.15, 0.2) is 36.7 Å². The quantitative estimate of drug-likeness (QED) is 0.514. The molecule has 2 amide bonds. The van der Waals surface area contributed by atoms with Crippen molar-refractivity contribution in [2.45, 2.75) is 40.8 Å². The summed E-state index contributed by atoms with van der Waals surface area (Å²) in [6.45, 7) is 9.17. The van der Waals surface area contributed by atoms with E-state index in [0.717, 1.165) is 22.6 Å². The highest BCUT2D eigenvalue weighted by molar-refractivity contribution is 5.92. The molecular formula is C22H28N6O3. The van der Waals surface area contributed by atoms with E-state index in [1.165, 1.54) is 6.92 Å². The normalized spacial score (nSPS) is 10.7. The summed E-state index contributed by atoms with van der Waals surface area (Å²) in [6, 6.07) is 7.61. The molecule has 0 radical (unpaired) electrons. The molecule has 2 N–H and O–H groups in total. The average Bonchev–Trinajstić information content (AvgIpc) is 3.33. The number of hydrogen-bond acceptors (Lipinski definition) is 5. The fraction of sp³-hybridized carbons (Fsp3) is 0.364. The molecule has 31 heavy (non-hydrogen) atoms. The number of amides is 2. The predicted molar refractivity (Wildman–Crippen MR) is 117 cm³/mol. The molecule has 3 aromatic rings. The number of ether oxygens (including phenoxy) is 1. The lowest BCUT2D eigenvalue weighted by molar-refractivity contribution is -0.114. The van der Waals surface area contributed by atoms with Crippen LogP contribution in [-0.4, -0.2) is 44.3 Å². The first-order chi connectivity index (χ1) is 14.9. The number of carbonyl (C=O) groups is 2. The van der Waals surface area contributed by atoms with Crippen LogP contribution in [0.2, 0.25) is 0 Å². The summed E-state index contributed by atoms with van der Waals surface area (Å²) in [6.07, 6.45) is 3.46. The molecule has 9 nitrogen and oxygen atoms in total. The van der Waals surface area contributed by atoms with Gasteiger partial charge >= 0.3 is 0 Å². The first-order valence-corrected chi connectivity index (χ1v) is 10.2. The number of aromatic nitrogens is 4. The lowest BCUT2D eigenvalue weighted by atomic mass is 10.1. The molecule has 2 aromatic heterocycles. The molecule has 0 saturated carbocycles. The molecule has 0 aliphatic rings. The summed E-state index contributed by atoms with van der Waals surface area (Å²) in [5.41, 5.74) is 3.41. The molecule has 0 aliphatic carbocycles. The maximum Gasteiger partial charge on any atom is 0.269 e. The van der Waals surface area contributed by atoms with Crippen molar-refractivity contribution >= 4 is 17.8 Å². The van der Waals surface area contributed by atoms with Crippen molar-refractivity contribution in [1.82, 2.24) is 24.6 Å². The van der Waals surface area contributed by atoms with Gasteiger partial charge in [-0.15, -0.1) is 0 Å². The van der Waals surface area contributed by atoms with Crippen LogP contribution in [0.3, 0.4) is 0 Å². The van der Waals surface area contributed by atoms with Gasteiger partial charge in [-0.05, 0) is 44.0 Å². The predicted octanol–water partition coefficient (Wildman–Crippen LogP) is 2.53. The summed E-state index contributed by atoms with van der Waals surface area (Å²) in [7, 11) is 0. The van der Waals surface area contributed by atoms with Crippen molar-refractivity contribution in [3.05, 3.63) is 59.2 Å². The second-order valence-electron chi connectivity index (χ2n) is 7.19. The van der Waals surface area contributed by atoms with Gasteiger partial charge in [0.05, 0.1) is 18.8 Å². The summed E-state index contributed by atoms with van der Waals surface area (Å²) < 4.78 is 9.46. The van der Waals surface area contributed by atoms with Crippen LogP contribution in [0.4, 0.5) is 5.95 Å². The Kier molecular flexibility index (Phi) is 7.07. The van der Waals surface area contributed by atoms with Gasteiger partial charge in [-0.3, -0.25) is 19.6 Å². The number of aryl methyl sites for hydroxylation is 2. The van der Waals surface area contributed by atoms with Crippen LogP contribution < -0.4 is 15.4 Å². The highest BCUT2D eigenvalue weighted by Gasteiger charge is 2.13. The van der Waals surface area contributed by atoms with E-state index in [2.05, 4.69) is 20.7 Å². The number of nitrogens with zero attached hydrogens (tertiary/aromatic N) is 4. The summed E-state index contributed by atoms with van der Waals surface area (Å²) >= 11 is 0. The topological polar surface area (TPSA) is 103 Å². The van der Waals surface area contributed by atoms with Crippen LogP contribution >= 0.6 is 0 Å². The van der Waals surface area contributed by atoms with Crippen molar-refractivity contribution < 1.29 is 14.3 Å². The van der Waals surface area contributed by atoms with Crippen LogP contribution in [0.5, 0.6) is 5.75 Å². The van der Waals surface area contributed by atoms with E-state index in [4.69, 9.17) is 4.74 Å². The van der Waals surface area contributed by atoms with Crippen LogP contribution in [-0.2, 0) is 17.9 Å². The SMILES string of the molecule is CCn1nc(C)cc1C(=O)NCCOc1cccc(Cn2ccnc2NC(C)=O)c1C. The Hall–Kier alpha value is -3.62. The van der Waals surface area contributed by atoms with E-state index in [9.17, 15) is 9.59 Å². The lowest BCUT2D eigenvalue weighted by Crippen LogP contribution is -2.30. The van der Waals surface area contributed by atoms with Crippen molar-refractivity contribution in [3.8, 4) is 5.75 Å². The standard InChI is InChI=1S/C22H28N6O3/c1-5-28-19(13-15(2)26-28)21(30)23-10-12-31-20-8-6-7-18(16(20)3)14-27-11-9-24-22(27)25-17(4)29/h6-9,11,13H,5,10,12,14H2,1-4H3,(H,23,30)(H,24,25,29). The second-order valence-corrected chi connectivity index (χ2v) is 7.19. The Labute approximate surface area is 181 Å². The van der Waals surface area contributed by atoms with E-state index >= 15 is 0 Å². The zero-order valence-corrected chi connectivity index (χ0v) is 18.3. The van der Waals surface area contributed by atoms with Gasteiger partial charge in [0.15, 0.2) is 0 Å². The maximum atomic E-state index is 12.4. The number of rotatable bonds is 9. The molecule has 1 aromatic carbocycles. The van der Waals surface area contributed by atoms with Crippen molar-refractivity contribution in [2.75, 3.05) is 18.5 Å². The molecule has 0 saturated heterocycles. The number of nitrogens with one attached hydrogen (secondary N) is 2. The fourth-order valence-corrected chi connectivity index (χ4v) is 3.27. The van der Waals surface area contributed by atoms with Crippen LogP contribution in [0.1, 0.15) is 41.2 Å². The minimum Gasteiger partial charge on any atom is -0.491 e. The summed E-state index contributed by atoms with van der Waals surface area (Å²) in [4.78, 5) is 27.9. The Morgan fingerprint density at radius 1 is 1.23 bits per heavy atom. The van der Waals surface area contributed by atoms with Crippen molar-refractivity contribution in [1.29, 1.82) is 0 Å². The molecule has 0 fully saturated rings. The first-order valence-electron chi connectivity index (χ1n) is 10.2. The van der Waals surface area contributed by atoms with Gasteiger partial charge in [0.2, 0.25) is 11.9 Å². The molecule has 0 unspecified atom stereocenters. The Balaban J connectivity index is 1.58.